The van der Waals surface area contributed by atoms with E-state index in [-0.39, 0.29) is 6.61 Å². The quantitative estimate of drug-likeness (QED) is 0.903. The molecule has 0 atom stereocenters. The number of aryl methyl sites for hydroxylation is 1. The third kappa shape index (κ3) is 3.27. The first kappa shape index (κ1) is 13.9. The van der Waals surface area contributed by atoms with Crippen LogP contribution in [0.15, 0.2) is 18.2 Å². The summed E-state index contributed by atoms with van der Waals surface area (Å²) in [6.07, 6.45) is 6.14. The van der Waals surface area contributed by atoms with E-state index >= 15 is 0 Å². The van der Waals surface area contributed by atoms with Crippen molar-refractivity contribution < 1.29 is 5.11 Å². The zero-order chi connectivity index (χ0) is 13.7. The molecule has 1 aliphatic rings. The highest BCUT2D eigenvalue weighted by Crippen LogP contribution is 2.30. The van der Waals surface area contributed by atoms with Crippen LogP contribution in [0.25, 0.3) is 0 Å². The van der Waals surface area contributed by atoms with E-state index in [1.54, 1.807) is 0 Å². The Morgan fingerprint density at radius 1 is 1.32 bits per heavy atom. The summed E-state index contributed by atoms with van der Waals surface area (Å²) in [5.74, 6) is 0. The van der Waals surface area contributed by atoms with Crippen molar-refractivity contribution in [2.45, 2.75) is 45.1 Å². The Bertz CT molecular complexity index is 458. The van der Waals surface area contributed by atoms with Crippen LogP contribution in [0.5, 0.6) is 0 Å². The highest BCUT2D eigenvalue weighted by molar-refractivity contribution is 5.61. The number of aliphatic hydroxyl groups is 1. The lowest BCUT2D eigenvalue weighted by Gasteiger charge is -2.36. The van der Waals surface area contributed by atoms with E-state index in [1.807, 2.05) is 19.1 Å². The van der Waals surface area contributed by atoms with Crippen LogP contribution in [0.2, 0.25) is 0 Å². The van der Waals surface area contributed by atoms with Gasteiger partial charge in [-0.05, 0) is 37.5 Å². The normalized spacial score (nSPS) is 16.1. The number of hydrogen-bond acceptors (Lipinski definition) is 3. The molecule has 19 heavy (non-hydrogen) atoms. The van der Waals surface area contributed by atoms with Crippen molar-refractivity contribution in [1.82, 2.24) is 0 Å². The molecule has 1 N–H and O–H groups in total. The van der Waals surface area contributed by atoms with Gasteiger partial charge in [0.05, 0.1) is 17.9 Å². The molecule has 1 fully saturated rings. The van der Waals surface area contributed by atoms with Crippen molar-refractivity contribution in [3.63, 3.8) is 0 Å². The average Bonchev–Trinajstić information content (AvgIpc) is 2.45. The van der Waals surface area contributed by atoms with E-state index in [9.17, 15) is 10.4 Å². The molecule has 2 rings (SSSR count). The van der Waals surface area contributed by atoms with E-state index in [4.69, 9.17) is 0 Å². The number of nitrogens with zero attached hydrogens (tertiary/aromatic N) is 2. The number of aliphatic hydroxyl groups excluding tert-OH is 1. The summed E-state index contributed by atoms with van der Waals surface area (Å²) in [4.78, 5) is 2.24. The lowest BCUT2D eigenvalue weighted by molar-refractivity contribution is 0.290. The molecular formula is C16H22N2O. The van der Waals surface area contributed by atoms with E-state index in [0.717, 1.165) is 11.3 Å². The molecule has 0 spiro atoms. The topological polar surface area (TPSA) is 47.3 Å². The van der Waals surface area contributed by atoms with Crippen LogP contribution in [-0.4, -0.2) is 24.3 Å². The summed E-state index contributed by atoms with van der Waals surface area (Å²) in [7, 11) is 0. The number of rotatable bonds is 4. The Hall–Kier alpha value is -1.53. The van der Waals surface area contributed by atoms with Gasteiger partial charge in [-0.25, -0.2) is 0 Å². The van der Waals surface area contributed by atoms with Crippen LogP contribution in [-0.2, 0) is 0 Å². The molecule has 1 aromatic carbocycles. The molecule has 0 amide bonds. The summed E-state index contributed by atoms with van der Waals surface area (Å²) in [6.45, 7) is 2.79. The monoisotopic (exact) mass is 258 g/mol. The van der Waals surface area contributed by atoms with Gasteiger partial charge in [0, 0.05) is 12.6 Å². The maximum absolute atomic E-state index is 9.34. The maximum Gasteiger partial charge on any atom is 0.101 e. The molecule has 1 saturated carbocycles. The number of hydrogen-bond donors (Lipinski definition) is 1. The predicted octanol–water partition coefficient (Wildman–Crippen LogP) is 3.00. The molecular weight excluding hydrogens is 236 g/mol. The SMILES string of the molecule is Cc1ccc(C#N)c(N(CCO)C2CCCCC2)c1. The highest BCUT2D eigenvalue weighted by atomic mass is 16.3. The highest BCUT2D eigenvalue weighted by Gasteiger charge is 2.23. The van der Waals surface area contributed by atoms with Gasteiger partial charge in [-0.2, -0.15) is 5.26 Å². The van der Waals surface area contributed by atoms with Crippen molar-refractivity contribution >= 4 is 5.69 Å². The second-order valence-corrected chi connectivity index (χ2v) is 5.34. The fraction of sp³-hybridized carbons (Fsp3) is 0.562. The van der Waals surface area contributed by atoms with Crippen molar-refractivity contribution in [1.29, 1.82) is 5.26 Å². The van der Waals surface area contributed by atoms with Gasteiger partial charge in [-0.3, -0.25) is 0 Å². The largest absolute Gasteiger partial charge is 0.395 e. The molecule has 0 heterocycles. The molecule has 0 aliphatic heterocycles. The van der Waals surface area contributed by atoms with Crippen molar-refractivity contribution in [2.24, 2.45) is 0 Å². The second-order valence-electron chi connectivity index (χ2n) is 5.34. The van der Waals surface area contributed by atoms with Crippen LogP contribution < -0.4 is 4.90 Å². The fourth-order valence-electron chi connectivity index (χ4n) is 2.97. The van der Waals surface area contributed by atoms with E-state index in [0.29, 0.717) is 18.2 Å². The molecule has 3 nitrogen and oxygen atoms in total. The van der Waals surface area contributed by atoms with Gasteiger partial charge in [0.2, 0.25) is 0 Å². The number of benzene rings is 1. The van der Waals surface area contributed by atoms with Gasteiger partial charge in [-0.1, -0.05) is 25.3 Å². The molecule has 0 radical (unpaired) electrons. The van der Waals surface area contributed by atoms with Crippen molar-refractivity contribution in [2.75, 3.05) is 18.1 Å². The van der Waals surface area contributed by atoms with Crippen LogP contribution >= 0.6 is 0 Å². The third-order valence-electron chi connectivity index (χ3n) is 3.94. The van der Waals surface area contributed by atoms with Gasteiger partial charge in [0.15, 0.2) is 0 Å². The molecule has 102 valence electrons. The standard InChI is InChI=1S/C16H22N2O/c1-13-7-8-14(12-17)16(11-13)18(9-10-19)15-5-3-2-4-6-15/h7-8,11,15,19H,2-6,9-10H2,1H3. The van der Waals surface area contributed by atoms with Gasteiger partial charge in [-0.15, -0.1) is 0 Å². The zero-order valence-corrected chi connectivity index (χ0v) is 11.6. The molecule has 1 aliphatic carbocycles. The van der Waals surface area contributed by atoms with Crippen LogP contribution in [0.3, 0.4) is 0 Å². The molecule has 1 aromatic rings. The van der Waals surface area contributed by atoms with Crippen molar-refractivity contribution in [3.05, 3.63) is 29.3 Å². The van der Waals surface area contributed by atoms with E-state index in [1.165, 1.54) is 32.1 Å². The third-order valence-corrected chi connectivity index (χ3v) is 3.94. The van der Waals surface area contributed by atoms with Crippen LogP contribution in [0.4, 0.5) is 5.69 Å². The van der Waals surface area contributed by atoms with Gasteiger partial charge in [0.1, 0.15) is 6.07 Å². The Morgan fingerprint density at radius 3 is 2.68 bits per heavy atom. The molecule has 3 heteroatoms. The van der Waals surface area contributed by atoms with Crippen LogP contribution in [0.1, 0.15) is 43.2 Å². The molecule has 0 saturated heterocycles. The average molecular weight is 258 g/mol. The van der Waals surface area contributed by atoms with Gasteiger partial charge < -0.3 is 10.0 Å². The Morgan fingerprint density at radius 2 is 2.05 bits per heavy atom. The smallest absolute Gasteiger partial charge is 0.101 e. The lowest BCUT2D eigenvalue weighted by atomic mass is 9.93. The maximum atomic E-state index is 9.34. The zero-order valence-electron chi connectivity index (χ0n) is 11.6. The summed E-state index contributed by atoms with van der Waals surface area (Å²) in [5, 5.41) is 18.6. The van der Waals surface area contributed by atoms with Crippen molar-refractivity contribution in [3.8, 4) is 6.07 Å². The van der Waals surface area contributed by atoms with Crippen LogP contribution in [0, 0.1) is 18.3 Å². The Labute approximate surface area is 115 Å². The first-order chi connectivity index (χ1) is 9.26. The first-order valence-electron chi connectivity index (χ1n) is 7.14. The fourth-order valence-corrected chi connectivity index (χ4v) is 2.97. The molecule has 0 bridgehead atoms. The van der Waals surface area contributed by atoms with Gasteiger partial charge in [0.25, 0.3) is 0 Å². The number of anilines is 1. The molecule has 0 unspecified atom stereocenters. The Kier molecular flexibility index (Phi) is 4.81. The van der Waals surface area contributed by atoms with E-state index < -0.39 is 0 Å². The minimum Gasteiger partial charge on any atom is -0.395 e. The summed E-state index contributed by atoms with van der Waals surface area (Å²) in [6, 6.07) is 8.68. The van der Waals surface area contributed by atoms with E-state index in [2.05, 4.69) is 17.0 Å². The minimum absolute atomic E-state index is 0.134. The minimum atomic E-state index is 0.134. The number of nitriles is 1. The lowest BCUT2D eigenvalue weighted by Crippen LogP contribution is -2.39. The summed E-state index contributed by atoms with van der Waals surface area (Å²) < 4.78 is 0. The summed E-state index contributed by atoms with van der Waals surface area (Å²) in [5.41, 5.74) is 2.86. The van der Waals surface area contributed by atoms with Gasteiger partial charge >= 0.3 is 0 Å². The first-order valence-corrected chi connectivity index (χ1v) is 7.14. The molecule has 0 aromatic heterocycles. The second kappa shape index (κ2) is 6.58. The summed E-state index contributed by atoms with van der Waals surface area (Å²) >= 11 is 0. The predicted molar refractivity (Wildman–Crippen MR) is 77.2 cm³/mol. The Balaban J connectivity index is 2.32.